The number of carbonyl (C=O) groups is 3. The molecule has 9 nitrogen and oxygen atoms in total. The predicted molar refractivity (Wildman–Crippen MR) is 105 cm³/mol. The van der Waals surface area contributed by atoms with Crippen LogP contribution in [0, 0.1) is 5.82 Å². The Morgan fingerprint density at radius 1 is 1.19 bits per heavy atom. The lowest BCUT2D eigenvalue weighted by Gasteiger charge is -2.12. The number of nitrogens with zero attached hydrogens (tertiary/aromatic N) is 1. The summed E-state index contributed by atoms with van der Waals surface area (Å²) < 4.78 is 28.8. The van der Waals surface area contributed by atoms with E-state index in [4.69, 9.17) is 19.0 Å². The fourth-order valence-electron chi connectivity index (χ4n) is 3.09. The summed E-state index contributed by atoms with van der Waals surface area (Å²) in [5.74, 6) is -1.37. The average molecular weight is 428 g/mol. The topological polar surface area (TPSA) is 113 Å². The summed E-state index contributed by atoms with van der Waals surface area (Å²) in [4.78, 5) is 41.4. The molecule has 2 aromatic rings. The van der Waals surface area contributed by atoms with E-state index in [1.165, 1.54) is 37.3 Å². The first-order chi connectivity index (χ1) is 14.9. The fourth-order valence-corrected chi connectivity index (χ4v) is 3.09. The standard InChI is InChI=1S/C21H17FN2O7/c1-11(25)14-6-17-18(30-10-29-17)8-16(14)23-20(26)9-28-21(27)19-7-15(24-31-19)12-3-2-4-13(22)5-12/h2-6,8,19H,7,9-10H2,1H3,(H,23,26). The van der Waals surface area contributed by atoms with Crippen molar-refractivity contribution in [3.8, 4) is 11.5 Å². The van der Waals surface area contributed by atoms with Gasteiger partial charge in [-0.3, -0.25) is 9.59 Å². The van der Waals surface area contributed by atoms with E-state index in [1.54, 1.807) is 6.07 Å². The lowest BCUT2D eigenvalue weighted by molar-refractivity contribution is -0.157. The molecule has 0 aromatic heterocycles. The number of fused-ring (bicyclic) bond motifs is 1. The second-order valence-electron chi connectivity index (χ2n) is 6.81. The van der Waals surface area contributed by atoms with Crippen LogP contribution in [0.15, 0.2) is 41.6 Å². The maximum atomic E-state index is 13.3. The van der Waals surface area contributed by atoms with Crippen molar-refractivity contribution in [1.82, 2.24) is 0 Å². The molecule has 1 N–H and O–H groups in total. The Morgan fingerprint density at radius 3 is 2.71 bits per heavy atom. The monoisotopic (exact) mass is 428 g/mol. The first-order valence-electron chi connectivity index (χ1n) is 9.30. The van der Waals surface area contributed by atoms with Crippen LogP contribution in [0.5, 0.6) is 11.5 Å². The van der Waals surface area contributed by atoms with E-state index < -0.39 is 30.4 Å². The second-order valence-corrected chi connectivity index (χ2v) is 6.81. The zero-order valence-electron chi connectivity index (χ0n) is 16.3. The summed E-state index contributed by atoms with van der Waals surface area (Å²) in [6.45, 7) is 0.767. The van der Waals surface area contributed by atoms with Gasteiger partial charge in [0.25, 0.3) is 5.91 Å². The quantitative estimate of drug-likeness (QED) is 0.555. The molecule has 0 saturated carbocycles. The van der Waals surface area contributed by atoms with Crippen LogP contribution in [0.4, 0.5) is 10.1 Å². The van der Waals surface area contributed by atoms with E-state index in [0.717, 1.165) is 0 Å². The number of hydrogen-bond donors (Lipinski definition) is 1. The van der Waals surface area contributed by atoms with Gasteiger partial charge in [-0.05, 0) is 25.1 Å². The van der Waals surface area contributed by atoms with Crippen LogP contribution in [0.2, 0.25) is 0 Å². The first-order valence-corrected chi connectivity index (χ1v) is 9.30. The molecular formula is C21H17FN2O7. The molecule has 160 valence electrons. The Bertz CT molecular complexity index is 1100. The normalized spacial score (nSPS) is 16.3. The predicted octanol–water partition coefficient (Wildman–Crippen LogP) is 2.43. The molecule has 0 aliphatic carbocycles. The van der Waals surface area contributed by atoms with Gasteiger partial charge in [-0.2, -0.15) is 0 Å². The number of carbonyl (C=O) groups excluding carboxylic acids is 3. The van der Waals surface area contributed by atoms with Gasteiger partial charge in [-0.1, -0.05) is 17.3 Å². The zero-order chi connectivity index (χ0) is 22.0. The maximum Gasteiger partial charge on any atom is 0.351 e. The molecular weight excluding hydrogens is 411 g/mol. The van der Waals surface area contributed by atoms with E-state index >= 15 is 0 Å². The number of hydrogen-bond acceptors (Lipinski definition) is 8. The van der Waals surface area contributed by atoms with Crippen molar-refractivity contribution in [2.24, 2.45) is 5.16 Å². The van der Waals surface area contributed by atoms with Gasteiger partial charge in [0.2, 0.25) is 12.9 Å². The van der Waals surface area contributed by atoms with Gasteiger partial charge in [0.05, 0.1) is 11.4 Å². The van der Waals surface area contributed by atoms with Gasteiger partial charge in [-0.15, -0.1) is 0 Å². The van der Waals surface area contributed by atoms with Gasteiger partial charge < -0.3 is 24.4 Å². The molecule has 2 aliphatic rings. The molecule has 0 saturated heterocycles. The number of nitrogens with one attached hydrogen (secondary N) is 1. The molecule has 31 heavy (non-hydrogen) atoms. The van der Waals surface area contributed by atoms with E-state index in [1.807, 2.05) is 0 Å². The van der Waals surface area contributed by atoms with Crippen LogP contribution in [0.25, 0.3) is 0 Å². The van der Waals surface area contributed by atoms with Crippen LogP contribution < -0.4 is 14.8 Å². The van der Waals surface area contributed by atoms with Crippen molar-refractivity contribution in [2.75, 3.05) is 18.7 Å². The van der Waals surface area contributed by atoms with Gasteiger partial charge in [0.1, 0.15) is 5.82 Å². The van der Waals surface area contributed by atoms with Crippen LogP contribution in [0.3, 0.4) is 0 Å². The SMILES string of the molecule is CC(=O)c1cc2c(cc1NC(=O)COC(=O)C1CC(c3cccc(F)c3)=NO1)OCO2. The highest BCUT2D eigenvalue weighted by molar-refractivity contribution is 6.05. The smallest absolute Gasteiger partial charge is 0.351 e. The summed E-state index contributed by atoms with van der Waals surface area (Å²) in [6, 6.07) is 8.68. The number of ketones is 1. The van der Waals surface area contributed by atoms with Gasteiger partial charge in [0, 0.05) is 23.6 Å². The number of ether oxygens (including phenoxy) is 3. The summed E-state index contributed by atoms with van der Waals surface area (Å²) >= 11 is 0. The molecule has 0 radical (unpaired) electrons. The summed E-state index contributed by atoms with van der Waals surface area (Å²) in [6.07, 6.45) is -0.954. The van der Waals surface area contributed by atoms with Gasteiger partial charge >= 0.3 is 5.97 Å². The zero-order valence-corrected chi connectivity index (χ0v) is 16.3. The Labute approximate surface area is 175 Å². The third-order valence-electron chi connectivity index (χ3n) is 4.60. The van der Waals surface area contributed by atoms with Crippen LogP contribution in [0.1, 0.15) is 29.3 Å². The molecule has 2 aromatic carbocycles. The number of benzene rings is 2. The number of esters is 1. The van der Waals surface area contributed by atoms with Gasteiger partial charge in [-0.25, -0.2) is 9.18 Å². The van der Waals surface area contributed by atoms with Crippen molar-refractivity contribution >= 4 is 29.1 Å². The minimum atomic E-state index is -1.04. The molecule has 1 unspecified atom stereocenters. The van der Waals surface area contributed by atoms with E-state index in [9.17, 15) is 18.8 Å². The van der Waals surface area contributed by atoms with Crippen LogP contribution >= 0.6 is 0 Å². The fraction of sp³-hybridized carbons (Fsp3) is 0.238. The third-order valence-corrected chi connectivity index (χ3v) is 4.60. The molecule has 0 bridgehead atoms. The molecule has 1 amide bonds. The van der Waals surface area contributed by atoms with Crippen molar-refractivity contribution in [2.45, 2.75) is 19.4 Å². The molecule has 1 atom stereocenters. The molecule has 2 heterocycles. The highest BCUT2D eigenvalue weighted by Crippen LogP contribution is 2.37. The molecule has 4 rings (SSSR count). The van der Waals surface area contributed by atoms with E-state index in [2.05, 4.69) is 10.5 Å². The first kappa shape index (κ1) is 20.3. The highest BCUT2D eigenvalue weighted by Gasteiger charge is 2.31. The number of Topliss-reactive ketones (excluding diaryl/α,β-unsaturated/α-hetero) is 1. The summed E-state index contributed by atoms with van der Waals surface area (Å²) in [7, 11) is 0. The van der Waals surface area contributed by atoms with Crippen LogP contribution in [-0.4, -0.2) is 42.9 Å². The Balaban J connectivity index is 1.33. The molecule has 0 spiro atoms. The minimum Gasteiger partial charge on any atom is -0.454 e. The molecule has 2 aliphatic heterocycles. The lowest BCUT2D eigenvalue weighted by atomic mass is 10.1. The molecule has 10 heteroatoms. The number of oxime groups is 1. The number of rotatable bonds is 6. The Morgan fingerprint density at radius 2 is 1.97 bits per heavy atom. The largest absolute Gasteiger partial charge is 0.454 e. The Hall–Kier alpha value is -3.95. The summed E-state index contributed by atoms with van der Waals surface area (Å²) in [5, 5.41) is 6.32. The number of anilines is 1. The van der Waals surface area contributed by atoms with Gasteiger partial charge in [0.15, 0.2) is 23.9 Å². The van der Waals surface area contributed by atoms with Crippen molar-refractivity contribution in [1.29, 1.82) is 0 Å². The van der Waals surface area contributed by atoms with Crippen LogP contribution in [-0.2, 0) is 19.2 Å². The minimum absolute atomic E-state index is 0.0166. The Kier molecular flexibility index (Phi) is 5.52. The average Bonchev–Trinajstić information content (AvgIpc) is 3.40. The number of halogens is 1. The van der Waals surface area contributed by atoms with E-state index in [-0.39, 0.29) is 30.2 Å². The summed E-state index contributed by atoms with van der Waals surface area (Å²) in [5.41, 5.74) is 1.34. The second kappa shape index (κ2) is 8.42. The number of amides is 1. The lowest BCUT2D eigenvalue weighted by Crippen LogP contribution is -2.28. The molecule has 0 fully saturated rings. The van der Waals surface area contributed by atoms with Crippen molar-refractivity contribution < 1.29 is 37.8 Å². The van der Waals surface area contributed by atoms with Crippen molar-refractivity contribution in [3.63, 3.8) is 0 Å². The third kappa shape index (κ3) is 4.47. The van der Waals surface area contributed by atoms with Crippen molar-refractivity contribution in [3.05, 3.63) is 53.3 Å². The van der Waals surface area contributed by atoms with E-state index in [0.29, 0.717) is 22.8 Å². The highest BCUT2D eigenvalue weighted by atomic mass is 19.1. The maximum absolute atomic E-state index is 13.3.